The summed E-state index contributed by atoms with van der Waals surface area (Å²) in [6.07, 6.45) is 5.13. The van der Waals surface area contributed by atoms with Crippen LogP contribution in [-0.4, -0.2) is 32.2 Å². The molecule has 0 spiro atoms. The Bertz CT molecular complexity index is 865. The summed E-state index contributed by atoms with van der Waals surface area (Å²) < 4.78 is 14.6. The first-order chi connectivity index (χ1) is 11.2. The Morgan fingerprint density at radius 3 is 2.87 bits per heavy atom. The zero-order valence-electron chi connectivity index (χ0n) is 12.2. The number of benzene rings is 1. The van der Waals surface area contributed by atoms with Crippen molar-refractivity contribution in [3.63, 3.8) is 0 Å². The quantitative estimate of drug-likeness (QED) is 0.761. The SMILES string of the molecule is O=C1NCCCc2[nH]c(-c3cnn(-c4ccc(F)cc4)c3)nc21. The highest BCUT2D eigenvalue weighted by atomic mass is 19.1. The van der Waals surface area contributed by atoms with E-state index in [2.05, 4.69) is 20.4 Å². The van der Waals surface area contributed by atoms with E-state index in [1.165, 1.54) is 12.1 Å². The number of hydrogen-bond acceptors (Lipinski definition) is 3. The predicted octanol–water partition coefficient (Wildman–Crippen LogP) is 2.08. The molecule has 23 heavy (non-hydrogen) atoms. The first-order valence-electron chi connectivity index (χ1n) is 7.39. The summed E-state index contributed by atoms with van der Waals surface area (Å²) >= 11 is 0. The standard InChI is InChI=1S/C16H14FN5O/c17-11-3-5-12(6-4-11)22-9-10(8-19-22)15-20-13-2-1-7-18-16(23)14(13)21-15/h3-6,8-9H,1-2,7H2,(H,18,23)(H,20,21). The van der Waals surface area contributed by atoms with Crippen molar-refractivity contribution < 1.29 is 9.18 Å². The van der Waals surface area contributed by atoms with Gasteiger partial charge in [0.15, 0.2) is 0 Å². The maximum Gasteiger partial charge on any atom is 0.271 e. The number of nitrogens with zero attached hydrogens (tertiary/aromatic N) is 3. The lowest BCUT2D eigenvalue weighted by molar-refractivity contribution is 0.0951. The second-order valence-electron chi connectivity index (χ2n) is 5.42. The van der Waals surface area contributed by atoms with Gasteiger partial charge in [0.05, 0.1) is 17.4 Å². The van der Waals surface area contributed by atoms with Gasteiger partial charge < -0.3 is 10.3 Å². The summed E-state index contributed by atoms with van der Waals surface area (Å²) in [5, 5.41) is 7.09. The van der Waals surface area contributed by atoms with E-state index in [4.69, 9.17) is 0 Å². The minimum absolute atomic E-state index is 0.147. The van der Waals surface area contributed by atoms with Gasteiger partial charge in [0.2, 0.25) is 0 Å². The number of aryl methyl sites for hydroxylation is 1. The molecule has 0 saturated carbocycles. The fraction of sp³-hybridized carbons (Fsp3) is 0.188. The predicted molar refractivity (Wildman–Crippen MR) is 81.8 cm³/mol. The van der Waals surface area contributed by atoms with Gasteiger partial charge in [-0.2, -0.15) is 5.10 Å². The summed E-state index contributed by atoms with van der Waals surface area (Å²) in [5.74, 6) is 0.174. The van der Waals surface area contributed by atoms with Crippen LogP contribution in [0.4, 0.5) is 4.39 Å². The van der Waals surface area contributed by atoms with Gasteiger partial charge in [-0.1, -0.05) is 0 Å². The second kappa shape index (κ2) is 5.35. The molecular formula is C16H14FN5O. The summed E-state index contributed by atoms with van der Waals surface area (Å²) in [4.78, 5) is 19.6. The van der Waals surface area contributed by atoms with Gasteiger partial charge in [0.25, 0.3) is 5.91 Å². The number of carbonyl (C=O) groups excluding carboxylic acids is 1. The van der Waals surface area contributed by atoms with E-state index in [0.29, 0.717) is 18.1 Å². The number of aromatic amines is 1. The van der Waals surface area contributed by atoms with Gasteiger partial charge in [-0.25, -0.2) is 14.1 Å². The highest BCUT2D eigenvalue weighted by molar-refractivity contribution is 5.94. The third kappa shape index (κ3) is 2.50. The third-order valence-corrected chi connectivity index (χ3v) is 3.83. The number of nitrogens with one attached hydrogen (secondary N) is 2. The topological polar surface area (TPSA) is 75.6 Å². The first kappa shape index (κ1) is 13.7. The molecule has 3 aromatic rings. The van der Waals surface area contributed by atoms with Crippen molar-refractivity contribution in [2.24, 2.45) is 0 Å². The Morgan fingerprint density at radius 2 is 2.04 bits per heavy atom. The number of carbonyl (C=O) groups is 1. The van der Waals surface area contributed by atoms with Crippen molar-refractivity contribution in [1.82, 2.24) is 25.1 Å². The van der Waals surface area contributed by atoms with E-state index in [9.17, 15) is 9.18 Å². The van der Waals surface area contributed by atoms with Crippen molar-refractivity contribution >= 4 is 5.91 Å². The number of rotatable bonds is 2. The lowest BCUT2D eigenvalue weighted by Crippen LogP contribution is -2.23. The Morgan fingerprint density at radius 1 is 1.22 bits per heavy atom. The molecule has 0 saturated heterocycles. The molecule has 116 valence electrons. The van der Waals surface area contributed by atoms with Gasteiger partial charge >= 0.3 is 0 Å². The van der Waals surface area contributed by atoms with Crippen LogP contribution in [0.1, 0.15) is 22.6 Å². The Hall–Kier alpha value is -2.96. The molecule has 1 aromatic carbocycles. The highest BCUT2D eigenvalue weighted by Gasteiger charge is 2.21. The molecule has 6 nitrogen and oxygen atoms in total. The van der Waals surface area contributed by atoms with Crippen molar-refractivity contribution in [3.05, 3.63) is 53.9 Å². The summed E-state index contributed by atoms with van der Waals surface area (Å²) in [6, 6.07) is 6.07. The molecule has 0 radical (unpaired) electrons. The van der Waals surface area contributed by atoms with E-state index in [1.807, 2.05) is 0 Å². The molecule has 0 unspecified atom stereocenters. The smallest absolute Gasteiger partial charge is 0.271 e. The zero-order chi connectivity index (χ0) is 15.8. The van der Waals surface area contributed by atoms with Crippen LogP contribution < -0.4 is 5.32 Å². The Balaban J connectivity index is 1.68. The number of amides is 1. The molecule has 0 atom stereocenters. The maximum atomic E-state index is 13.0. The monoisotopic (exact) mass is 311 g/mol. The van der Waals surface area contributed by atoms with E-state index >= 15 is 0 Å². The zero-order valence-corrected chi connectivity index (χ0v) is 12.2. The molecule has 3 heterocycles. The summed E-state index contributed by atoms with van der Waals surface area (Å²) in [6.45, 7) is 0.668. The fourth-order valence-electron chi connectivity index (χ4n) is 2.65. The van der Waals surface area contributed by atoms with Crippen molar-refractivity contribution in [2.75, 3.05) is 6.54 Å². The average molecular weight is 311 g/mol. The first-order valence-corrected chi connectivity index (χ1v) is 7.39. The third-order valence-electron chi connectivity index (χ3n) is 3.83. The number of halogens is 1. The van der Waals surface area contributed by atoms with Crippen LogP contribution in [0.2, 0.25) is 0 Å². The van der Waals surface area contributed by atoms with E-state index in [-0.39, 0.29) is 11.7 Å². The minimum atomic E-state index is -0.290. The van der Waals surface area contributed by atoms with Crippen LogP contribution in [-0.2, 0) is 6.42 Å². The summed E-state index contributed by atoms with van der Waals surface area (Å²) in [5.41, 5.74) is 2.83. The van der Waals surface area contributed by atoms with E-state index < -0.39 is 0 Å². The van der Waals surface area contributed by atoms with E-state index in [0.717, 1.165) is 29.8 Å². The molecule has 1 aliphatic heterocycles. The molecule has 2 aromatic heterocycles. The molecule has 0 bridgehead atoms. The Kier molecular flexibility index (Phi) is 3.18. The summed E-state index contributed by atoms with van der Waals surface area (Å²) in [7, 11) is 0. The molecular weight excluding hydrogens is 297 g/mol. The lowest BCUT2D eigenvalue weighted by Gasteiger charge is -1.99. The lowest BCUT2D eigenvalue weighted by atomic mass is 10.2. The molecule has 1 amide bonds. The van der Waals surface area contributed by atoms with Gasteiger partial charge in [0.1, 0.15) is 17.3 Å². The van der Waals surface area contributed by atoms with Crippen LogP contribution in [0.15, 0.2) is 36.7 Å². The molecule has 1 aliphatic rings. The fourth-order valence-corrected chi connectivity index (χ4v) is 2.65. The minimum Gasteiger partial charge on any atom is -0.351 e. The number of H-pyrrole nitrogens is 1. The van der Waals surface area contributed by atoms with Crippen LogP contribution in [0, 0.1) is 5.82 Å². The molecule has 7 heteroatoms. The van der Waals surface area contributed by atoms with Gasteiger partial charge in [-0.3, -0.25) is 4.79 Å². The largest absolute Gasteiger partial charge is 0.351 e. The van der Waals surface area contributed by atoms with E-state index in [1.54, 1.807) is 29.2 Å². The highest BCUT2D eigenvalue weighted by Crippen LogP contribution is 2.21. The maximum absolute atomic E-state index is 13.0. The molecule has 0 aliphatic carbocycles. The Labute approximate surface area is 131 Å². The number of hydrogen-bond donors (Lipinski definition) is 2. The van der Waals surface area contributed by atoms with Gasteiger partial charge in [-0.05, 0) is 37.1 Å². The second-order valence-corrected chi connectivity index (χ2v) is 5.42. The molecule has 2 N–H and O–H groups in total. The average Bonchev–Trinajstić information content (AvgIpc) is 3.16. The number of aromatic nitrogens is 4. The number of fused-ring (bicyclic) bond motifs is 1. The number of imidazole rings is 1. The van der Waals surface area contributed by atoms with Gasteiger partial charge in [-0.15, -0.1) is 0 Å². The van der Waals surface area contributed by atoms with Crippen LogP contribution >= 0.6 is 0 Å². The molecule has 4 rings (SSSR count). The van der Waals surface area contributed by atoms with Gasteiger partial charge in [0, 0.05) is 18.4 Å². The van der Waals surface area contributed by atoms with Crippen molar-refractivity contribution in [3.8, 4) is 17.1 Å². The van der Waals surface area contributed by atoms with Crippen LogP contribution in [0.5, 0.6) is 0 Å². The van der Waals surface area contributed by atoms with Crippen LogP contribution in [0.25, 0.3) is 17.1 Å². The van der Waals surface area contributed by atoms with Crippen molar-refractivity contribution in [2.45, 2.75) is 12.8 Å². The molecule has 0 fully saturated rings. The normalized spacial score (nSPS) is 14.2. The van der Waals surface area contributed by atoms with Crippen LogP contribution in [0.3, 0.4) is 0 Å². The van der Waals surface area contributed by atoms with Crippen molar-refractivity contribution in [1.29, 1.82) is 0 Å².